The van der Waals surface area contributed by atoms with Gasteiger partial charge in [-0.25, -0.2) is 4.99 Å². The minimum absolute atomic E-state index is 0.0128. The van der Waals surface area contributed by atoms with Crippen LogP contribution >= 0.6 is 0 Å². The van der Waals surface area contributed by atoms with Crippen LogP contribution in [0.15, 0.2) is 9.98 Å². The molecular weight excluding hydrogens is 230 g/mol. The quantitative estimate of drug-likeness (QED) is 0.349. The second kappa shape index (κ2) is 10.9. The van der Waals surface area contributed by atoms with Crippen LogP contribution in [0.1, 0.15) is 20.3 Å². The average molecular weight is 255 g/mol. The minimum atomic E-state index is -0.232. The number of hydrogen-bond donors (Lipinski definition) is 2. The van der Waals surface area contributed by atoms with Crippen LogP contribution in [0, 0.1) is 0 Å². The third kappa shape index (κ3) is 9.92. The fraction of sp³-hybridized carbons (Fsp3) is 0.750. The number of nitrogens with zero attached hydrogens (tertiary/aromatic N) is 3. The molecule has 0 aliphatic rings. The zero-order valence-electron chi connectivity index (χ0n) is 11.8. The van der Waals surface area contributed by atoms with Crippen molar-refractivity contribution in [1.82, 2.24) is 15.5 Å². The normalized spacial score (nSPS) is 13.6. The van der Waals surface area contributed by atoms with Gasteiger partial charge in [0.15, 0.2) is 0 Å². The van der Waals surface area contributed by atoms with Crippen LogP contribution in [0.25, 0.3) is 0 Å². The van der Waals surface area contributed by atoms with Gasteiger partial charge in [-0.3, -0.25) is 15.1 Å². The highest BCUT2D eigenvalue weighted by molar-refractivity contribution is 6.27. The lowest BCUT2D eigenvalue weighted by Gasteiger charge is -2.14. The molecule has 6 nitrogen and oxygen atoms in total. The number of aliphatic imine (C=N–C) groups is 2. The minimum Gasteiger partial charge on any atom is -0.354 e. The Morgan fingerprint density at radius 2 is 2.22 bits per heavy atom. The van der Waals surface area contributed by atoms with E-state index in [4.69, 9.17) is 0 Å². The summed E-state index contributed by atoms with van der Waals surface area (Å²) in [6.07, 6.45) is 3.70. The molecule has 0 spiro atoms. The highest BCUT2D eigenvalue weighted by Gasteiger charge is 1.97. The molecule has 0 saturated heterocycles. The molecular formula is C12H25N5O. The maximum Gasteiger partial charge on any atom is 0.262 e. The van der Waals surface area contributed by atoms with E-state index in [0.29, 0.717) is 0 Å². The van der Waals surface area contributed by atoms with E-state index >= 15 is 0 Å². The molecule has 0 aliphatic heterocycles. The van der Waals surface area contributed by atoms with E-state index < -0.39 is 0 Å². The van der Waals surface area contributed by atoms with Crippen molar-refractivity contribution >= 4 is 18.5 Å². The van der Waals surface area contributed by atoms with E-state index in [9.17, 15) is 4.79 Å². The van der Waals surface area contributed by atoms with E-state index in [0.717, 1.165) is 26.1 Å². The lowest BCUT2D eigenvalue weighted by atomic mass is 10.4. The Hall–Kier alpha value is -1.27. The second-order valence-corrected chi connectivity index (χ2v) is 4.04. The van der Waals surface area contributed by atoms with Gasteiger partial charge < -0.3 is 10.2 Å². The van der Waals surface area contributed by atoms with Crippen molar-refractivity contribution in [2.24, 2.45) is 9.98 Å². The van der Waals surface area contributed by atoms with E-state index in [1.165, 1.54) is 12.6 Å². The zero-order chi connectivity index (χ0) is 13.8. The summed E-state index contributed by atoms with van der Waals surface area (Å²) in [4.78, 5) is 21.0. The van der Waals surface area contributed by atoms with Crippen molar-refractivity contribution in [3.63, 3.8) is 0 Å². The fourth-order valence-electron chi connectivity index (χ4n) is 1.17. The lowest BCUT2D eigenvalue weighted by molar-refractivity contribution is -0.113. The van der Waals surface area contributed by atoms with Gasteiger partial charge in [0, 0.05) is 7.05 Å². The molecule has 2 N–H and O–H groups in total. The molecule has 1 unspecified atom stereocenters. The molecule has 1 atom stereocenters. The van der Waals surface area contributed by atoms with Gasteiger partial charge in [0.2, 0.25) is 0 Å². The van der Waals surface area contributed by atoms with Crippen molar-refractivity contribution < 1.29 is 4.79 Å². The highest BCUT2D eigenvalue weighted by Crippen LogP contribution is 1.87. The van der Waals surface area contributed by atoms with Crippen molar-refractivity contribution in [1.29, 1.82) is 0 Å². The number of carbonyl (C=O) groups excluding carboxylic acids is 1. The average Bonchev–Trinajstić information content (AvgIpc) is 2.38. The Labute approximate surface area is 110 Å². The van der Waals surface area contributed by atoms with Gasteiger partial charge in [-0.05, 0) is 40.0 Å². The number of nitrogens with one attached hydrogen (secondary N) is 2. The molecule has 0 rings (SSSR count). The van der Waals surface area contributed by atoms with Gasteiger partial charge in [0.25, 0.3) is 5.91 Å². The molecule has 0 fully saturated rings. The predicted octanol–water partition coefficient (Wildman–Crippen LogP) is 0.109. The summed E-state index contributed by atoms with van der Waals surface area (Å²) in [7, 11) is 3.66. The van der Waals surface area contributed by atoms with E-state index in [1.54, 1.807) is 7.05 Å². The third-order valence-corrected chi connectivity index (χ3v) is 2.49. The first-order valence-electron chi connectivity index (χ1n) is 6.28. The van der Waals surface area contributed by atoms with Gasteiger partial charge in [-0.1, -0.05) is 6.92 Å². The predicted molar refractivity (Wildman–Crippen MR) is 76.3 cm³/mol. The van der Waals surface area contributed by atoms with Crippen LogP contribution in [-0.4, -0.2) is 63.3 Å². The van der Waals surface area contributed by atoms with Crippen LogP contribution in [0.2, 0.25) is 0 Å². The van der Waals surface area contributed by atoms with Gasteiger partial charge in [-0.15, -0.1) is 0 Å². The SMILES string of the molecule is CCN(C)CCCNC(C)/N=C\N=C\C(=O)NC. The van der Waals surface area contributed by atoms with E-state index in [-0.39, 0.29) is 12.1 Å². The first-order chi connectivity index (χ1) is 8.60. The van der Waals surface area contributed by atoms with Crippen LogP contribution in [0.4, 0.5) is 0 Å². The molecule has 18 heavy (non-hydrogen) atoms. The summed E-state index contributed by atoms with van der Waals surface area (Å²) in [5, 5.41) is 5.71. The van der Waals surface area contributed by atoms with Crippen molar-refractivity contribution in [3.8, 4) is 0 Å². The van der Waals surface area contributed by atoms with Crippen LogP contribution in [0.5, 0.6) is 0 Å². The molecule has 0 aromatic heterocycles. The summed E-state index contributed by atoms with van der Waals surface area (Å²) >= 11 is 0. The molecule has 0 aromatic carbocycles. The van der Waals surface area contributed by atoms with Crippen molar-refractivity contribution in [3.05, 3.63) is 0 Å². The number of rotatable bonds is 9. The largest absolute Gasteiger partial charge is 0.354 e. The van der Waals surface area contributed by atoms with Crippen LogP contribution < -0.4 is 10.6 Å². The number of carbonyl (C=O) groups is 1. The number of amides is 1. The molecule has 0 aliphatic carbocycles. The lowest BCUT2D eigenvalue weighted by Crippen LogP contribution is -2.28. The molecule has 0 radical (unpaired) electrons. The molecule has 1 amide bonds. The topological polar surface area (TPSA) is 69.1 Å². The molecule has 0 aromatic rings. The Kier molecular flexibility index (Phi) is 10.1. The Balaban J connectivity index is 3.64. The molecule has 104 valence electrons. The summed E-state index contributed by atoms with van der Waals surface area (Å²) in [6, 6.07) is 0. The Morgan fingerprint density at radius 3 is 2.83 bits per heavy atom. The van der Waals surface area contributed by atoms with Gasteiger partial charge in [-0.2, -0.15) is 0 Å². The molecule has 6 heteroatoms. The molecule has 0 bridgehead atoms. The van der Waals surface area contributed by atoms with Crippen LogP contribution in [-0.2, 0) is 4.79 Å². The van der Waals surface area contributed by atoms with Crippen LogP contribution in [0.3, 0.4) is 0 Å². The van der Waals surface area contributed by atoms with Gasteiger partial charge in [0.05, 0.1) is 12.4 Å². The second-order valence-electron chi connectivity index (χ2n) is 4.04. The first-order valence-corrected chi connectivity index (χ1v) is 6.28. The van der Waals surface area contributed by atoms with Gasteiger partial charge >= 0.3 is 0 Å². The van der Waals surface area contributed by atoms with E-state index in [2.05, 4.69) is 39.5 Å². The third-order valence-electron chi connectivity index (χ3n) is 2.49. The van der Waals surface area contributed by atoms with E-state index in [1.807, 2.05) is 6.92 Å². The molecule has 0 heterocycles. The molecule has 0 saturated carbocycles. The maximum atomic E-state index is 10.8. The smallest absolute Gasteiger partial charge is 0.262 e. The summed E-state index contributed by atoms with van der Waals surface area (Å²) in [5.41, 5.74) is 0. The Bertz CT molecular complexity index is 278. The first kappa shape index (κ1) is 16.7. The summed E-state index contributed by atoms with van der Waals surface area (Å²) in [5.74, 6) is -0.232. The number of hydrogen-bond acceptors (Lipinski definition) is 4. The van der Waals surface area contributed by atoms with Gasteiger partial charge in [0.1, 0.15) is 6.34 Å². The van der Waals surface area contributed by atoms with Crippen molar-refractivity contribution in [2.75, 3.05) is 33.7 Å². The Morgan fingerprint density at radius 1 is 1.50 bits per heavy atom. The summed E-state index contributed by atoms with van der Waals surface area (Å²) in [6.45, 7) is 7.17. The van der Waals surface area contributed by atoms with Crippen molar-refractivity contribution in [2.45, 2.75) is 26.4 Å². The summed E-state index contributed by atoms with van der Waals surface area (Å²) < 4.78 is 0. The standard InChI is InChI=1S/C12H25N5O/c1-5-17(4)8-6-7-15-11(2)16-10-14-9-12(18)13-3/h9-11,15H,5-8H2,1-4H3,(H,13,18)/b14-9+,16-10-. The monoisotopic (exact) mass is 255 g/mol. The zero-order valence-corrected chi connectivity index (χ0v) is 11.8. The highest BCUT2D eigenvalue weighted by atomic mass is 16.1. The fourth-order valence-corrected chi connectivity index (χ4v) is 1.17. The maximum absolute atomic E-state index is 10.8.